The summed E-state index contributed by atoms with van der Waals surface area (Å²) in [4.78, 5) is 33.4. The molecule has 4 rings (SSSR count). The van der Waals surface area contributed by atoms with E-state index in [1.165, 1.54) is 24.2 Å². The molecule has 0 unspecified atom stereocenters. The topological polar surface area (TPSA) is 77.6 Å². The highest BCUT2D eigenvalue weighted by molar-refractivity contribution is 7.16. The van der Waals surface area contributed by atoms with E-state index in [0.29, 0.717) is 11.4 Å². The average molecular weight is 438 g/mol. The summed E-state index contributed by atoms with van der Waals surface area (Å²) >= 11 is 1.53. The summed E-state index contributed by atoms with van der Waals surface area (Å²) in [6.07, 6.45) is 2.37. The van der Waals surface area contributed by atoms with Gasteiger partial charge < -0.3 is 20.4 Å². The van der Waals surface area contributed by atoms with Crippen molar-refractivity contribution >= 4 is 50.4 Å². The summed E-state index contributed by atoms with van der Waals surface area (Å²) in [5.74, 6) is -0.656. The van der Waals surface area contributed by atoms with Crippen molar-refractivity contribution in [1.82, 2.24) is 9.88 Å². The molecule has 0 bridgehead atoms. The summed E-state index contributed by atoms with van der Waals surface area (Å²) in [6, 6.07) is 13.1. The lowest BCUT2D eigenvalue weighted by molar-refractivity contribution is -0.132. The zero-order valence-corrected chi connectivity index (χ0v) is 18.6. The van der Waals surface area contributed by atoms with Crippen LogP contribution in [0.2, 0.25) is 0 Å². The Hall–Kier alpha value is -2.97. The van der Waals surface area contributed by atoms with Crippen molar-refractivity contribution in [2.24, 2.45) is 5.92 Å². The SMILES string of the molecule is CN(C)CC1CCN(c2ccc(NC(=O)C(=O)Nc3ccc4scnc4c3)cc2)CC1. The van der Waals surface area contributed by atoms with Crippen LogP contribution in [0.3, 0.4) is 0 Å². The van der Waals surface area contributed by atoms with E-state index in [2.05, 4.69) is 39.5 Å². The fourth-order valence-corrected chi connectivity index (χ4v) is 4.62. The molecule has 0 atom stereocenters. The molecule has 1 aromatic heterocycles. The van der Waals surface area contributed by atoms with Gasteiger partial charge in [-0.05, 0) is 75.3 Å². The fraction of sp³-hybridized carbons (Fsp3) is 0.348. The number of anilines is 3. The second-order valence-electron chi connectivity index (χ2n) is 8.18. The number of hydrogen-bond donors (Lipinski definition) is 2. The van der Waals surface area contributed by atoms with Crippen molar-refractivity contribution in [3.63, 3.8) is 0 Å². The number of hydrogen-bond acceptors (Lipinski definition) is 6. The van der Waals surface area contributed by atoms with E-state index in [4.69, 9.17) is 0 Å². The van der Waals surface area contributed by atoms with Crippen LogP contribution in [0.4, 0.5) is 17.1 Å². The van der Waals surface area contributed by atoms with E-state index in [0.717, 1.165) is 41.5 Å². The highest BCUT2D eigenvalue weighted by atomic mass is 32.1. The molecule has 2 heterocycles. The molecule has 31 heavy (non-hydrogen) atoms. The Morgan fingerprint density at radius 2 is 1.68 bits per heavy atom. The number of thiazole rings is 1. The third-order valence-electron chi connectivity index (χ3n) is 5.52. The van der Waals surface area contributed by atoms with Gasteiger partial charge in [-0.3, -0.25) is 9.59 Å². The van der Waals surface area contributed by atoms with Gasteiger partial charge in [-0.2, -0.15) is 0 Å². The van der Waals surface area contributed by atoms with Gasteiger partial charge in [0.05, 0.1) is 15.7 Å². The lowest BCUT2D eigenvalue weighted by Crippen LogP contribution is -2.37. The molecule has 0 saturated carbocycles. The van der Waals surface area contributed by atoms with E-state index < -0.39 is 11.8 Å². The number of carbonyl (C=O) groups excluding carboxylic acids is 2. The van der Waals surface area contributed by atoms with Gasteiger partial charge in [0.15, 0.2) is 0 Å². The molecule has 162 valence electrons. The predicted octanol–water partition coefficient (Wildman–Crippen LogP) is 3.65. The predicted molar refractivity (Wildman–Crippen MR) is 127 cm³/mol. The van der Waals surface area contributed by atoms with E-state index in [1.54, 1.807) is 17.6 Å². The number of benzene rings is 2. The van der Waals surface area contributed by atoms with Crippen LogP contribution < -0.4 is 15.5 Å². The van der Waals surface area contributed by atoms with Gasteiger partial charge in [0.2, 0.25) is 0 Å². The molecule has 0 aliphatic carbocycles. The summed E-state index contributed by atoms with van der Waals surface area (Å²) in [6.45, 7) is 3.21. The number of aromatic nitrogens is 1. The number of nitrogens with zero attached hydrogens (tertiary/aromatic N) is 3. The normalized spacial score (nSPS) is 14.7. The Morgan fingerprint density at radius 1 is 1.03 bits per heavy atom. The third-order valence-corrected chi connectivity index (χ3v) is 6.33. The minimum absolute atomic E-state index is 0.548. The van der Waals surface area contributed by atoms with Crippen LogP contribution in [0.15, 0.2) is 48.0 Å². The monoisotopic (exact) mass is 437 g/mol. The Labute approximate surface area is 186 Å². The van der Waals surface area contributed by atoms with E-state index in [-0.39, 0.29) is 0 Å². The van der Waals surface area contributed by atoms with E-state index >= 15 is 0 Å². The highest BCUT2D eigenvalue weighted by Crippen LogP contribution is 2.25. The van der Waals surface area contributed by atoms with E-state index in [9.17, 15) is 9.59 Å². The first-order valence-electron chi connectivity index (χ1n) is 10.4. The lowest BCUT2D eigenvalue weighted by Gasteiger charge is -2.34. The van der Waals surface area contributed by atoms with Crippen LogP contribution in [0.5, 0.6) is 0 Å². The van der Waals surface area contributed by atoms with Crippen molar-refractivity contribution < 1.29 is 9.59 Å². The van der Waals surface area contributed by atoms with Crippen LogP contribution in [0, 0.1) is 5.92 Å². The second kappa shape index (κ2) is 9.45. The largest absolute Gasteiger partial charge is 0.372 e. The molecule has 1 aliphatic heterocycles. The first-order chi connectivity index (χ1) is 15.0. The first kappa shape index (κ1) is 21.3. The molecule has 1 saturated heterocycles. The number of piperidine rings is 1. The van der Waals surface area contributed by atoms with Gasteiger partial charge >= 0.3 is 11.8 Å². The van der Waals surface area contributed by atoms with Crippen LogP contribution in [-0.4, -0.2) is 55.4 Å². The molecular weight excluding hydrogens is 410 g/mol. The Bertz CT molecular complexity index is 1060. The Morgan fingerprint density at radius 3 is 2.35 bits per heavy atom. The summed E-state index contributed by atoms with van der Waals surface area (Å²) < 4.78 is 1.03. The zero-order chi connectivity index (χ0) is 21.8. The smallest absolute Gasteiger partial charge is 0.314 e. The number of fused-ring (bicyclic) bond motifs is 1. The van der Waals surface area contributed by atoms with Crippen molar-refractivity contribution in [3.05, 3.63) is 48.0 Å². The summed E-state index contributed by atoms with van der Waals surface area (Å²) in [5, 5.41) is 5.29. The molecule has 3 aromatic rings. The number of nitrogens with one attached hydrogen (secondary N) is 2. The van der Waals surface area contributed by atoms with Crippen molar-refractivity contribution in [1.29, 1.82) is 0 Å². The van der Waals surface area contributed by atoms with Gasteiger partial charge in [0.25, 0.3) is 0 Å². The first-order valence-corrected chi connectivity index (χ1v) is 11.3. The molecule has 0 spiro atoms. The van der Waals surface area contributed by atoms with Gasteiger partial charge in [0, 0.05) is 36.7 Å². The molecule has 0 radical (unpaired) electrons. The summed E-state index contributed by atoms with van der Waals surface area (Å²) in [7, 11) is 4.25. The number of amides is 2. The number of rotatable bonds is 5. The lowest BCUT2D eigenvalue weighted by atomic mass is 9.96. The third kappa shape index (κ3) is 5.39. The van der Waals surface area contributed by atoms with Crippen LogP contribution >= 0.6 is 11.3 Å². The molecule has 2 aromatic carbocycles. The standard InChI is InChI=1S/C23H27N5O2S/c1-27(2)14-16-9-11-28(12-10-16)19-6-3-17(4-7-19)25-22(29)23(30)26-18-5-8-21-20(13-18)24-15-31-21/h3-8,13,15-16H,9-12,14H2,1-2H3,(H,25,29)(H,26,30). The van der Waals surface area contributed by atoms with Crippen molar-refractivity contribution in [2.45, 2.75) is 12.8 Å². The molecular formula is C23H27N5O2S. The number of carbonyl (C=O) groups is 2. The quantitative estimate of drug-likeness (QED) is 0.596. The zero-order valence-electron chi connectivity index (χ0n) is 17.8. The van der Waals surface area contributed by atoms with Crippen LogP contribution in [-0.2, 0) is 9.59 Å². The Balaban J connectivity index is 1.30. The molecule has 2 amide bonds. The van der Waals surface area contributed by atoms with Crippen molar-refractivity contribution in [3.8, 4) is 0 Å². The second-order valence-corrected chi connectivity index (χ2v) is 9.07. The van der Waals surface area contributed by atoms with Crippen molar-refractivity contribution in [2.75, 3.05) is 49.3 Å². The summed E-state index contributed by atoms with van der Waals surface area (Å²) in [5.41, 5.74) is 4.83. The maximum Gasteiger partial charge on any atom is 0.314 e. The highest BCUT2D eigenvalue weighted by Gasteiger charge is 2.20. The fourth-order valence-electron chi connectivity index (χ4n) is 3.96. The maximum absolute atomic E-state index is 12.3. The molecule has 2 N–H and O–H groups in total. The van der Waals surface area contributed by atoms with Gasteiger partial charge in [-0.15, -0.1) is 11.3 Å². The minimum Gasteiger partial charge on any atom is -0.372 e. The molecule has 1 fully saturated rings. The average Bonchev–Trinajstić information content (AvgIpc) is 3.22. The molecule has 7 nitrogen and oxygen atoms in total. The van der Waals surface area contributed by atoms with Gasteiger partial charge in [0.1, 0.15) is 0 Å². The minimum atomic E-state index is -0.707. The molecule has 1 aliphatic rings. The molecule has 8 heteroatoms. The van der Waals surface area contributed by atoms with Gasteiger partial charge in [-0.25, -0.2) is 4.98 Å². The van der Waals surface area contributed by atoms with E-state index in [1.807, 2.05) is 30.3 Å². The maximum atomic E-state index is 12.3. The Kier molecular flexibility index (Phi) is 6.48. The van der Waals surface area contributed by atoms with Gasteiger partial charge in [-0.1, -0.05) is 0 Å². The van der Waals surface area contributed by atoms with Crippen LogP contribution in [0.1, 0.15) is 12.8 Å². The van der Waals surface area contributed by atoms with Crippen LogP contribution in [0.25, 0.3) is 10.2 Å².